The van der Waals surface area contributed by atoms with E-state index in [1.165, 1.54) is 6.92 Å². The third-order valence-corrected chi connectivity index (χ3v) is 6.79. The Morgan fingerprint density at radius 2 is 1.94 bits per heavy atom. The molecule has 1 fully saturated rings. The Labute approximate surface area is 193 Å². The number of nitrogens with one attached hydrogen (secondary N) is 1. The molecule has 0 spiro atoms. The molecule has 32 heavy (non-hydrogen) atoms. The molecule has 0 amide bonds. The summed E-state index contributed by atoms with van der Waals surface area (Å²) in [5.74, 6) is -0.524. The Bertz CT molecular complexity index is 636. The van der Waals surface area contributed by atoms with Crippen LogP contribution in [0.2, 0.25) is 0 Å². The maximum Gasteiger partial charge on any atom is 0.333 e. The van der Waals surface area contributed by atoms with Crippen molar-refractivity contribution >= 4 is 12.4 Å². The summed E-state index contributed by atoms with van der Waals surface area (Å²) >= 11 is 0. The van der Waals surface area contributed by atoms with Gasteiger partial charge in [0.2, 0.25) is 0 Å². The van der Waals surface area contributed by atoms with Gasteiger partial charge in [-0.05, 0) is 72.3 Å². The topological polar surface area (TPSA) is 123 Å². The summed E-state index contributed by atoms with van der Waals surface area (Å²) in [7, 11) is 1.85. The average molecular weight is 457 g/mol. The van der Waals surface area contributed by atoms with Crippen LogP contribution in [-0.2, 0) is 14.3 Å². The molecule has 0 bridgehead atoms. The van der Waals surface area contributed by atoms with E-state index in [1.54, 1.807) is 13.8 Å². The number of likely N-dealkylation sites (N-methyl/N-ethyl adjacent to an activating group) is 1. The zero-order chi connectivity index (χ0) is 24.7. The predicted octanol–water partition coefficient (Wildman–Crippen LogP) is 2.64. The Morgan fingerprint density at radius 3 is 2.50 bits per heavy atom. The van der Waals surface area contributed by atoms with Gasteiger partial charge in [-0.3, -0.25) is 5.41 Å². The van der Waals surface area contributed by atoms with Gasteiger partial charge in [-0.15, -0.1) is 0 Å². The molecule has 0 unspecified atom stereocenters. The van der Waals surface area contributed by atoms with E-state index in [-0.39, 0.29) is 5.92 Å². The molecule has 0 saturated carbocycles. The van der Waals surface area contributed by atoms with E-state index >= 15 is 0 Å². The fraction of sp³-hybridized carbons (Fsp3) is 0.833. The Balaban J connectivity index is 3.20. The number of hydrogen-bond donors (Lipinski definition) is 4. The van der Waals surface area contributed by atoms with Gasteiger partial charge in [-0.2, -0.15) is 0 Å². The van der Waals surface area contributed by atoms with Crippen molar-refractivity contribution in [2.24, 2.45) is 5.92 Å². The molecule has 1 aliphatic heterocycles. The van der Waals surface area contributed by atoms with Crippen molar-refractivity contribution in [1.82, 2.24) is 4.90 Å². The molecule has 1 aliphatic rings. The minimum absolute atomic E-state index is 0.0571. The molecular formula is C24H44N2O6. The third-order valence-electron chi connectivity index (χ3n) is 6.79. The summed E-state index contributed by atoms with van der Waals surface area (Å²) in [6.07, 6.45) is 1.34. The summed E-state index contributed by atoms with van der Waals surface area (Å²) < 4.78 is 11.0. The van der Waals surface area contributed by atoms with Crippen LogP contribution in [0.4, 0.5) is 0 Å². The van der Waals surface area contributed by atoms with E-state index in [2.05, 4.69) is 6.58 Å². The molecule has 1 rings (SSSR count). The summed E-state index contributed by atoms with van der Waals surface area (Å²) in [6.45, 7) is 13.2. The molecule has 186 valence electrons. The lowest BCUT2D eigenvalue weighted by Crippen LogP contribution is -2.58. The number of nitrogens with zero attached hydrogens (tertiary/aromatic N) is 1. The number of aliphatic hydroxyl groups excluding tert-OH is 1. The predicted molar refractivity (Wildman–Crippen MR) is 125 cm³/mol. The van der Waals surface area contributed by atoms with Crippen LogP contribution in [0.15, 0.2) is 12.2 Å². The zero-order valence-electron chi connectivity index (χ0n) is 20.6. The Hall–Kier alpha value is -1.48. The van der Waals surface area contributed by atoms with E-state index < -0.39 is 41.5 Å². The van der Waals surface area contributed by atoms with Gasteiger partial charge in [-0.1, -0.05) is 20.4 Å². The largest absolute Gasteiger partial charge is 0.478 e. The molecule has 0 aromatic rings. The van der Waals surface area contributed by atoms with Crippen LogP contribution in [0.3, 0.4) is 0 Å². The van der Waals surface area contributed by atoms with Gasteiger partial charge < -0.3 is 29.7 Å². The van der Waals surface area contributed by atoms with Crippen molar-refractivity contribution in [2.45, 2.75) is 109 Å². The van der Waals surface area contributed by atoms with Crippen molar-refractivity contribution in [3.8, 4) is 0 Å². The van der Waals surface area contributed by atoms with Gasteiger partial charge in [0, 0.05) is 18.2 Å². The maximum absolute atomic E-state index is 12.6. The molecule has 4 N–H and O–H groups in total. The van der Waals surface area contributed by atoms with Gasteiger partial charge in [0.25, 0.3) is 0 Å². The lowest BCUT2D eigenvalue weighted by Gasteiger charge is -2.42. The fourth-order valence-corrected chi connectivity index (χ4v) is 4.69. The second kappa shape index (κ2) is 12.1. The molecule has 7 atom stereocenters. The number of esters is 1. The van der Waals surface area contributed by atoms with Crippen LogP contribution in [0, 0.1) is 11.3 Å². The van der Waals surface area contributed by atoms with Crippen molar-refractivity contribution in [1.29, 1.82) is 5.41 Å². The molecule has 1 heterocycles. The normalized spacial score (nSPS) is 39.7. The van der Waals surface area contributed by atoms with Crippen LogP contribution >= 0.6 is 0 Å². The van der Waals surface area contributed by atoms with E-state index in [0.29, 0.717) is 50.6 Å². The number of aliphatic hydroxyl groups is 3. The SMILES string of the molecule is C=C1CCCC[C@@H](OC=N)[C@](C)(O)C[C@@H](C)CN(C)[C@H](C)[C@@H](O)[C@](C)(O)[C@@H](CC)OC1=O. The van der Waals surface area contributed by atoms with E-state index in [0.717, 1.165) is 6.40 Å². The lowest BCUT2D eigenvalue weighted by molar-refractivity contribution is -0.183. The van der Waals surface area contributed by atoms with Gasteiger partial charge in [0.1, 0.15) is 23.9 Å². The first-order valence-corrected chi connectivity index (χ1v) is 11.6. The van der Waals surface area contributed by atoms with Gasteiger partial charge in [0.05, 0.1) is 5.60 Å². The number of carbonyl (C=O) groups excluding carboxylic acids is 1. The zero-order valence-corrected chi connectivity index (χ0v) is 20.6. The van der Waals surface area contributed by atoms with Gasteiger partial charge >= 0.3 is 5.97 Å². The highest BCUT2D eigenvalue weighted by molar-refractivity contribution is 5.87. The Morgan fingerprint density at radius 1 is 1.31 bits per heavy atom. The highest BCUT2D eigenvalue weighted by Crippen LogP contribution is 2.30. The Kier molecular flexibility index (Phi) is 10.8. The van der Waals surface area contributed by atoms with Gasteiger partial charge in [-0.25, -0.2) is 4.79 Å². The number of ether oxygens (including phenoxy) is 2. The highest BCUT2D eigenvalue weighted by Gasteiger charge is 2.44. The molecule has 0 radical (unpaired) electrons. The first-order chi connectivity index (χ1) is 14.8. The van der Waals surface area contributed by atoms with Crippen LogP contribution in [0.25, 0.3) is 0 Å². The van der Waals surface area contributed by atoms with Crippen LogP contribution in [0.5, 0.6) is 0 Å². The molecular weight excluding hydrogens is 412 g/mol. The van der Waals surface area contributed by atoms with Gasteiger partial charge in [0.15, 0.2) is 6.40 Å². The van der Waals surface area contributed by atoms with Crippen LogP contribution < -0.4 is 0 Å². The average Bonchev–Trinajstić information content (AvgIpc) is 2.70. The standard InChI is InChI=1S/C24H44N2O6/c1-8-19-24(6,30)21(27)18(4)26(7)14-16(2)13-23(5,29)20(31-15-25)12-10-9-11-17(3)22(28)32-19/h15-16,18-21,25,27,29-30H,3,8-14H2,1-2,4-7H3/t16-,18-,19-,20-,21-,23-,24-/m1/s1. The highest BCUT2D eigenvalue weighted by atomic mass is 16.6. The lowest BCUT2D eigenvalue weighted by atomic mass is 9.84. The summed E-state index contributed by atoms with van der Waals surface area (Å²) in [5, 5.41) is 40.6. The minimum atomic E-state index is -1.65. The minimum Gasteiger partial charge on any atom is -0.478 e. The van der Waals surface area contributed by atoms with Crippen LogP contribution in [-0.4, -0.2) is 81.7 Å². The summed E-state index contributed by atoms with van der Waals surface area (Å²) in [5.41, 5.74) is -2.50. The number of carbonyl (C=O) groups is 1. The molecule has 0 aromatic carbocycles. The monoisotopic (exact) mass is 456 g/mol. The molecule has 8 heteroatoms. The summed E-state index contributed by atoms with van der Waals surface area (Å²) in [4.78, 5) is 14.5. The van der Waals surface area contributed by atoms with Crippen molar-refractivity contribution in [3.63, 3.8) is 0 Å². The molecule has 1 saturated heterocycles. The number of rotatable bonds is 3. The number of cyclic esters (lactones) is 1. The smallest absolute Gasteiger partial charge is 0.333 e. The third kappa shape index (κ3) is 7.54. The van der Waals surface area contributed by atoms with Crippen molar-refractivity contribution < 1.29 is 29.6 Å². The number of hydrogen-bond acceptors (Lipinski definition) is 8. The first kappa shape index (κ1) is 28.6. The summed E-state index contributed by atoms with van der Waals surface area (Å²) in [6, 6.07) is -0.433. The molecule has 8 nitrogen and oxygen atoms in total. The maximum atomic E-state index is 12.6. The van der Waals surface area contributed by atoms with E-state index in [9.17, 15) is 20.1 Å². The second-order valence-electron chi connectivity index (χ2n) is 9.91. The second-order valence-corrected chi connectivity index (χ2v) is 9.91. The van der Waals surface area contributed by atoms with E-state index in [1.807, 2.05) is 25.8 Å². The quantitative estimate of drug-likeness (QED) is 0.223. The van der Waals surface area contributed by atoms with E-state index in [4.69, 9.17) is 14.9 Å². The molecule has 0 aliphatic carbocycles. The fourth-order valence-electron chi connectivity index (χ4n) is 4.69. The van der Waals surface area contributed by atoms with Crippen molar-refractivity contribution in [2.75, 3.05) is 13.6 Å². The van der Waals surface area contributed by atoms with Crippen molar-refractivity contribution in [3.05, 3.63) is 12.2 Å². The molecule has 0 aromatic heterocycles. The van der Waals surface area contributed by atoms with Crippen LogP contribution in [0.1, 0.15) is 73.1 Å². The first-order valence-electron chi connectivity index (χ1n) is 11.6.